The predicted molar refractivity (Wildman–Crippen MR) is 76.0 cm³/mol. The normalized spacial score (nSPS) is 14.7. The third kappa shape index (κ3) is 12.1. The van der Waals surface area contributed by atoms with Gasteiger partial charge in [0.05, 0.1) is 26.1 Å². The molecular formula is C13H28O4Si. The molecule has 0 aliphatic carbocycles. The maximum absolute atomic E-state index is 5.66. The second-order valence-electron chi connectivity index (χ2n) is 5.14. The van der Waals surface area contributed by atoms with E-state index >= 15 is 0 Å². The van der Waals surface area contributed by atoms with E-state index in [2.05, 4.69) is 19.6 Å². The summed E-state index contributed by atoms with van der Waals surface area (Å²) >= 11 is 0. The van der Waals surface area contributed by atoms with Crippen LogP contribution in [0.2, 0.25) is 19.6 Å². The van der Waals surface area contributed by atoms with E-state index in [-0.39, 0.29) is 6.29 Å². The molecule has 0 aromatic rings. The van der Waals surface area contributed by atoms with E-state index in [0.717, 1.165) is 5.57 Å². The Bertz CT molecular complexity index is 236. The van der Waals surface area contributed by atoms with E-state index < -0.39 is 8.32 Å². The van der Waals surface area contributed by atoms with Crippen LogP contribution in [0, 0.1) is 0 Å². The van der Waals surface area contributed by atoms with Crippen LogP contribution in [0.5, 0.6) is 0 Å². The van der Waals surface area contributed by atoms with Crippen molar-refractivity contribution in [1.82, 2.24) is 0 Å². The molecular weight excluding hydrogens is 248 g/mol. The van der Waals surface area contributed by atoms with Crippen LogP contribution < -0.4 is 0 Å². The van der Waals surface area contributed by atoms with Gasteiger partial charge < -0.3 is 18.6 Å². The molecule has 0 aliphatic heterocycles. The van der Waals surface area contributed by atoms with Gasteiger partial charge in [-0.1, -0.05) is 0 Å². The van der Waals surface area contributed by atoms with Crippen LogP contribution in [0.3, 0.4) is 0 Å². The minimum absolute atomic E-state index is 0.162. The van der Waals surface area contributed by atoms with Crippen LogP contribution in [0.1, 0.15) is 20.8 Å². The molecule has 1 atom stereocenters. The van der Waals surface area contributed by atoms with E-state index in [1.54, 1.807) is 0 Å². The van der Waals surface area contributed by atoms with E-state index in [9.17, 15) is 0 Å². The molecule has 0 bridgehead atoms. The fourth-order valence-electron chi connectivity index (χ4n) is 1.10. The van der Waals surface area contributed by atoms with Crippen molar-refractivity contribution in [2.45, 2.75) is 46.7 Å². The van der Waals surface area contributed by atoms with Crippen molar-refractivity contribution in [3.05, 3.63) is 11.8 Å². The first-order valence-electron chi connectivity index (χ1n) is 6.49. The summed E-state index contributed by atoms with van der Waals surface area (Å²) < 4.78 is 21.8. The number of hydrogen-bond donors (Lipinski definition) is 0. The molecule has 0 radical (unpaired) electrons. The molecule has 18 heavy (non-hydrogen) atoms. The van der Waals surface area contributed by atoms with Gasteiger partial charge in [-0.25, -0.2) is 0 Å². The van der Waals surface area contributed by atoms with E-state index in [0.29, 0.717) is 26.4 Å². The lowest BCUT2D eigenvalue weighted by Gasteiger charge is -2.16. The third-order valence-corrected chi connectivity index (χ3v) is 2.75. The predicted octanol–water partition coefficient (Wildman–Crippen LogP) is 3.16. The van der Waals surface area contributed by atoms with Crippen LogP contribution in [-0.2, 0) is 18.6 Å². The minimum atomic E-state index is -1.47. The van der Waals surface area contributed by atoms with Gasteiger partial charge in [-0.15, -0.1) is 0 Å². The van der Waals surface area contributed by atoms with E-state index in [4.69, 9.17) is 18.6 Å². The largest absolute Gasteiger partial charge is 0.550 e. The standard InChI is InChI=1S/C13H28O4Si/c1-7-15-13(3)16-9-8-14-10-12(2)11-17-18(4,5)6/h11,13H,7-10H2,1-6H3. The third-order valence-electron chi connectivity index (χ3n) is 1.93. The second-order valence-corrected chi connectivity index (χ2v) is 9.60. The van der Waals surface area contributed by atoms with Crippen LogP contribution in [0.15, 0.2) is 11.8 Å². The Labute approximate surface area is 112 Å². The summed E-state index contributed by atoms with van der Waals surface area (Å²) in [6.07, 6.45) is 1.65. The number of hydrogen-bond acceptors (Lipinski definition) is 4. The van der Waals surface area contributed by atoms with E-state index in [1.807, 2.05) is 27.0 Å². The fraction of sp³-hybridized carbons (Fsp3) is 0.846. The van der Waals surface area contributed by atoms with E-state index in [1.165, 1.54) is 0 Å². The van der Waals surface area contributed by atoms with Crippen LogP contribution in [0.25, 0.3) is 0 Å². The van der Waals surface area contributed by atoms with Gasteiger partial charge >= 0.3 is 0 Å². The van der Waals surface area contributed by atoms with Gasteiger partial charge in [0.2, 0.25) is 8.32 Å². The molecule has 0 aromatic heterocycles. The molecule has 108 valence electrons. The highest BCUT2D eigenvalue weighted by Crippen LogP contribution is 2.05. The van der Waals surface area contributed by atoms with Crippen LogP contribution in [0.4, 0.5) is 0 Å². The Hall–Kier alpha value is -0.363. The smallest absolute Gasteiger partial charge is 0.241 e. The molecule has 0 rings (SSSR count). The summed E-state index contributed by atoms with van der Waals surface area (Å²) in [7, 11) is -1.47. The monoisotopic (exact) mass is 276 g/mol. The van der Waals surface area contributed by atoms with Crippen LogP contribution >= 0.6 is 0 Å². The first-order chi connectivity index (χ1) is 8.35. The van der Waals surface area contributed by atoms with Crippen molar-refractivity contribution in [2.24, 2.45) is 0 Å². The first-order valence-corrected chi connectivity index (χ1v) is 9.90. The van der Waals surface area contributed by atoms with Gasteiger partial charge in [0.15, 0.2) is 6.29 Å². The average molecular weight is 276 g/mol. The first kappa shape index (κ1) is 17.6. The zero-order chi connectivity index (χ0) is 14.0. The number of ether oxygens (including phenoxy) is 3. The van der Waals surface area contributed by atoms with Gasteiger partial charge in [-0.05, 0) is 46.0 Å². The maximum Gasteiger partial charge on any atom is 0.241 e. The lowest BCUT2D eigenvalue weighted by molar-refractivity contribution is -0.135. The minimum Gasteiger partial charge on any atom is -0.550 e. The summed E-state index contributed by atoms with van der Waals surface area (Å²) in [5.41, 5.74) is 1.09. The Morgan fingerprint density at radius 2 is 1.83 bits per heavy atom. The second kappa shape index (κ2) is 9.55. The molecule has 0 amide bonds. The van der Waals surface area contributed by atoms with Gasteiger partial charge in [0.25, 0.3) is 0 Å². The highest BCUT2D eigenvalue weighted by molar-refractivity contribution is 6.69. The SMILES string of the molecule is CCOC(C)OCCOCC(C)=CO[Si](C)(C)C. The van der Waals surface area contributed by atoms with Crippen molar-refractivity contribution in [3.8, 4) is 0 Å². The number of rotatable bonds is 10. The summed E-state index contributed by atoms with van der Waals surface area (Å²) in [4.78, 5) is 0. The summed E-state index contributed by atoms with van der Waals surface area (Å²) in [6.45, 7) is 14.7. The lowest BCUT2D eigenvalue weighted by Crippen LogP contribution is -2.22. The zero-order valence-electron chi connectivity index (χ0n) is 12.6. The lowest BCUT2D eigenvalue weighted by atomic mass is 10.4. The van der Waals surface area contributed by atoms with Gasteiger partial charge in [-0.3, -0.25) is 0 Å². The Kier molecular flexibility index (Phi) is 9.36. The Morgan fingerprint density at radius 3 is 2.39 bits per heavy atom. The molecule has 1 unspecified atom stereocenters. The molecule has 0 aliphatic rings. The van der Waals surface area contributed by atoms with Crippen LogP contribution in [-0.4, -0.2) is 41.0 Å². The molecule has 5 heteroatoms. The van der Waals surface area contributed by atoms with Gasteiger partial charge in [0, 0.05) is 6.61 Å². The molecule has 0 heterocycles. The molecule has 0 spiro atoms. The summed E-state index contributed by atoms with van der Waals surface area (Å²) in [6, 6.07) is 0. The van der Waals surface area contributed by atoms with Crippen molar-refractivity contribution in [3.63, 3.8) is 0 Å². The van der Waals surface area contributed by atoms with Gasteiger partial charge in [0.1, 0.15) is 0 Å². The quantitative estimate of drug-likeness (QED) is 0.266. The van der Waals surface area contributed by atoms with Crippen molar-refractivity contribution < 1.29 is 18.6 Å². The zero-order valence-corrected chi connectivity index (χ0v) is 13.6. The van der Waals surface area contributed by atoms with Crippen molar-refractivity contribution in [1.29, 1.82) is 0 Å². The molecule has 0 fully saturated rings. The Balaban J connectivity index is 3.54. The van der Waals surface area contributed by atoms with Crippen molar-refractivity contribution in [2.75, 3.05) is 26.4 Å². The highest BCUT2D eigenvalue weighted by atomic mass is 28.4. The molecule has 0 saturated heterocycles. The Morgan fingerprint density at radius 1 is 1.17 bits per heavy atom. The van der Waals surface area contributed by atoms with Gasteiger partial charge in [-0.2, -0.15) is 0 Å². The summed E-state index contributed by atoms with van der Waals surface area (Å²) in [5.74, 6) is 0. The maximum atomic E-state index is 5.66. The van der Waals surface area contributed by atoms with Crippen molar-refractivity contribution >= 4 is 8.32 Å². The molecule has 0 aromatic carbocycles. The molecule has 0 N–H and O–H groups in total. The topological polar surface area (TPSA) is 36.9 Å². The highest BCUT2D eigenvalue weighted by Gasteiger charge is 2.13. The average Bonchev–Trinajstić information content (AvgIpc) is 2.25. The molecule has 0 saturated carbocycles. The summed E-state index contributed by atoms with van der Waals surface area (Å²) in [5, 5.41) is 0. The fourth-order valence-corrected chi connectivity index (χ4v) is 1.66. The molecule has 4 nitrogen and oxygen atoms in total.